The lowest BCUT2D eigenvalue weighted by Gasteiger charge is -2.63. The quantitative estimate of drug-likeness (QED) is 0.0527. The third-order valence-electron chi connectivity index (χ3n) is 28.9. The van der Waals surface area contributed by atoms with E-state index in [9.17, 15) is 0 Å². The molecule has 0 atom stereocenters. The van der Waals surface area contributed by atoms with Gasteiger partial charge in [-0.2, -0.15) is 0 Å². The first kappa shape index (κ1) is 71.0. The molecule has 0 spiro atoms. The third-order valence-corrected chi connectivity index (χ3v) is 57.4. The lowest BCUT2D eigenvalue weighted by molar-refractivity contribution is -0.0281. The summed E-state index contributed by atoms with van der Waals surface area (Å²) in [4.78, 5) is 0. The number of hydrogen-bond acceptors (Lipinski definition) is 0. The first-order valence-corrected chi connectivity index (χ1v) is 48.4. The van der Waals surface area contributed by atoms with Gasteiger partial charge in [0.05, 0.1) is 32.3 Å². The van der Waals surface area contributed by atoms with Crippen LogP contribution in [0.15, 0.2) is 158 Å². The SMILES string of the molecule is CC(C)[Si](c1c2ccccc2c([Si](C(C)C)(C(C)C)C(C)C)c2cc3cc(-c4ccc(C56CC7CC(C5)CC(c5ccc(-c8ccc9cc%10c([Si](C(C)C)(C(C)C)C(C)C)c%11ccccc%11c([Si](C(C)C)(C(C)C)C(C)C)c%10cc9c8)cc5)(C7)C6)cc4)ccc3cc12)(C(C)C)C(C)C. The number of rotatable bonds is 20. The monoisotopic (exact) mass is 1360 g/mol. The number of hydrogen-bond donors (Lipinski definition) is 0. The maximum Gasteiger partial charge on any atom is 0.0958 e. The fraction of sp³-hybridized carbons (Fsp3) is 0.489. The Morgan fingerprint density at radius 2 is 0.469 bits per heavy atom. The van der Waals surface area contributed by atoms with Crippen molar-refractivity contribution in [2.75, 3.05) is 0 Å². The maximum atomic E-state index is 2.72. The fourth-order valence-electron chi connectivity index (χ4n) is 26.5. The fourth-order valence-corrected chi connectivity index (χ4v) is 54.9. The molecule has 98 heavy (non-hydrogen) atoms. The molecule has 516 valence electrons. The van der Waals surface area contributed by atoms with Gasteiger partial charge in [-0.15, -0.1) is 0 Å². The van der Waals surface area contributed by atoms with Crippen molar-refractivity contribution < 1.29 is 0 Å². The summed E-state index contributed by atoms with van der Waals surface area (Å²) in [5.74, 6) is 1.56. The molecule has 0 nitrogen and oxygen atoms in total. The van der Waals surface area contributed by atoms with Crippen molar-refractivity contribution in [3.05, 3.63) is 169 Å². The van der Waals surface area contributed by atoms with Crippen molar-refractivity contribution in [1.29, 1.82) is 0 Å². The van der Waals surface area contributed by atoms with Crippen molar-refractivity contribution in [3.63, 3.8) is 0 Å². The van der Waals surface area contributed by atoms with Crippen LogP contribution in [0.2, 0.25) is 66.5 Å². The zero-order chi connectivity index (χ0) is 70.4. The van der Waals surface area contributed by atoms with Gasteiger partial charge >= 0.3 is 0 Å². The van der Waals surface area contributed by atoms with Crippen LogP contribution in [0.3, 0.4) is 0 Å². The Hall–Kier alpha value is -5.37. The van der Waals surface area contributed by atoms with Gasteiger partial charge in [0.15, 0.2) is 0 Å². The Morgan fingerprint density at radius 3 is 0.704 bits per heavy atom. The van der Waals surface area contributed by atoms with Crippen LogP contribution in [0, 0.1) is 11.8 Å². The molecule has 0 aromatic heterocycles. The third kappa shape index (κ3) is 10.4. The maximum absolute atomic E-state index is 2.72. The first-order valence-electron chi connectivity index (χ1n) is 39.5. The van der Waals surface area contributed by atoms with E-state index in [1.807, 2.05) is 0 Å². The summed E-state index contributed by atoms with van der Waals surface area (Å²) in [6.45, 7) is 61.7. The Kier molecular flexibility index (Phi) is 18.7. The molecule has 10 aromatic rings. The van der Waals surface area contributed by atoms with E-state index in [1.165, 1.54) is 82.3 Å². The molecule has 4 heteroatoms. The Balaban J connectivity index is 0.872. The van der Waals surface area contributed by atoms with Crippen molar-refractivity contribution in [1.82, 2.24) is 0 Å². The van der Waals surface area contributed by atoms with Gasteiger partial charge in [-0.25, -0.2) is 0 Å². The first-order chi connectivity index (χ1) is 46.4. The molecule has 0 aliphatic heterocycles. The molecule has 4 aliphatic rings. The lowest BCUT2D eigenvalue weighted by atomic mass is 9.41. The summed E-state index contributed by atoms with van der Waals surface area (Å²) in [7, 11) is -8.64. The van der Waals surface area contributed by atoms with Crippen LogP contribution in [0.1, 0.15) is 216 Å². The van der Waals surface area contributed by atoms with Gasteiger partial charge in [0, 0.05) is 0 Å². The minimum absolute atomic E-state index is 0.217. The number of benzene rings is 10. The van der Waals surface area contributed by atoms with Crippen LogP contribution in [0.5, 0.6) is 0 Å². The van der Waals surface area contributed by atoms with Gasteiger partial charge in [-0.1, -0.05) is 287 Å². The minimum atomic E-state index is -2.17. The second-order valence-corrected chi connectivity index (χ2v) is 60.1. The summed E-state index contributed by atoms with van der Waals surface area (Å²) in [6, 6.07) is 65.9. The molecule has 4 aliphatic carbocycles. The van der Waals surface area contributed by atoms with Crippen molar-refractivity contribution in [3.8, 4) is 22.3 Å². The van der Waals surface area contributed by atoms with Crippen LogP contribution < -0.4 is 20.7 Å². The molecule has 0 N–H and O–H groups in total. The molecule has 0 amide bonds. The highest BCUT2D eigenvalue weighted by Crippen LogP contribution is 2.66. The van der Waals surface area contributed by atoms with Crippen LogP contribution in [-0.2, 0) is 10.8 Å². The summed E-state index contributed by atoms with van der Waals surface area (Å²) in [6.07, 6.45) is 8.02. The zero-order valence-electron chi connectivity index (χ0n) is 65.3. The zero-order valence-corrected chi connectivity index (χ0v) is 69.3. The number of fused-ring (bicyclic) bond motifs is 6. The topological polar surface area (TPSA) is 0 Å². The van der Waals surface area contributed by atoms with E-state index in [2.05, 4.69) is 324 Å². The summed E-state index contributed by atoms with van der Waals surface area (Å²) in [5, 5.41) is 24.9. The van der Waals surface area contributed by atoms with Gasteiger partial charge < -0.3 is 0 Å². The molecular weight excluding hydrogens is 1240 g/mol. The van der Waals surface area contributed by atoms with Crippen LogP contribution in [0.25, 0.3) is 86.9 Å². The van der Waals surface area contributed by atoms with Crippen LogP contribution in [-0.4, -0.2) is 32.3 Å². The summed E-state index contributed by atoms with van der Waals surface area (Å²) < 4.78 is 0. The minimum Gasteiger partial charge on any atom is -0.0648 e. The van der Waals surface area contributed by atoms with Crippen molar-refractivity contribution in [2.24, 2.45) is 11.8 Å². The molecule has 0 unspecified atom stereocenters. The molecule has 0 radical (unpaired) electrons. The molecule has 14 rings (SSSR count). The predicted molar refractivity (Wildman–Crippen MR) is 450 cm³/mol. The smallest absolute Gasteiger partial charge is 0.0648 e. The molecule has 0 saturated heterocycles. The van der Waals surface area contributed by atoms with Crippen LogP contribution >= 0.6 is 0 Å². The van der Waals surface area contributed by atoms with E-state index in [4.69, 9.17) is 0 Å². The van der Waals surface area contributed by atoms with Crippen molar-refractivity contribution in [2.45, 2.75) is 282 Å². The Morgan fingerprint density at radius 1 is 0.245 bits per heavy atom. The second kappa shape index (κ2) is 25.8. The summed E-state index contributed by atoms with van der Waals surface area (Å²) in [5.41, 5.74) is 16.2. The second-order valence-electron chi connectivity index (χ2n) is 36.8. The molecule has 4 saturated carbocycles. The largest absolute Gasteiger partial charge is 0.0958 e. The average Bonchev–Trinajstić information content (AvgIpc) is 0.702. The molecular formula is C94H124Si4. The van der Waals surface area contributed by atoms with E-state index in [-0.39, 0.29) is 10.8 Å². The normalized spacial score (nSPS) is 19.8. The Labute approximate surface area is 598 Å². The van der Waals surface area contributed by atoms with Crippen LogP contribution in [0.4, 0.5) is 0 Å². The van der Waals surface area contributed by atoms with E-state index >= 15 is 0 Å². The standard InChI is InChI=1S/C94H124Si4/c1-57(2)95(58(3)4,59(5)6)89-81-29-25-27-31-83(81)91(97(63(13)14,64(15)16)65(17)18)87-50-77-46-73(33-35-75(77)48-85(87)89)71-37-41-79(42-38-71)93-52-69-45-70(53-93)55-94(54-69,56-93)80-43-39-72(40-44-80)74-34-36-76-49-86-88(51-78(76)47-74)92(98(66(19)20,67(21)22)68(23)24)84-32-28-26-30-82(84)90(86)96(60(7)8,61(9)10)62(11)12/h25-44,46-51,57-70H,45,52-56H2,1-24H3. The van der Waals surface area contributed by atoms with E-state index < -0.39 is 32.3 Å². The van der Waals surface area contributed by atoms with Gasteiger partial charge in [0.25, 0.3) is 0 Å². The van der Waals surface area contributed by atoms with Gasteiger partial charge in [-0.3, -0.25) is 0 Å². The van der Waals surface area contributed by atoms with E-state index in [0.29, 0.717) is 66.5 Å². The average molecular weight is 1370 g/mol. The molecule has 4 fully saturated rings. The Bertz CT molecular complexity index is 4250. The molecule has 4 bridgehead atoms. The molecule has 0 heterocycles. The van der Waals surface area contributed by atoms with Gasteiger partial charge in [0.2, 0.25) is 0 Å². The highest BCUT2D eigenvalue weighted by Gasteiger charge is 2.59. The van der Waals surface area contributed by atoms with Gasteiger partial charge in [-0.05, 0) is 283 Å². The van der Waals surface area contributed by atoms with E-state index in [1.54, 1.807) is 75.0 Å². The lowest BCUT2D eigenvalue weighted by Crippen LogP contribution is -2.59. The van der Waals surface area contributed by atoms with Crippen molar-refractivity contribution >= 4 is 118 Å². The van der Waals surface area contributed by atoms with E-state index in [0.717, 1.165) is 11.8 Å². The van der Waals surface area contributed by atoms with Gasteiger partial charge in [0.1, 0.15) is 0 Å². The highest BCUT2D eigenvalue weighted by atomic mass is 28.3. The molecule has 10 aromatic carbocycles. The predicted octanol–water partition coefficient (Wildman–Crippen LogP) is 27.3. The summed E-state index contributed by atoms with van der Waals surface area (Å²) >= 11 is 0. The highest BCUT2D eigenvalue weighted by molar-refractivity contribution is 7.02.